The number of nitrogens with zero attached hydrogens (tertiary/aromatic N) is 4. The fraction of sp³-hybridized carbons (Fsp3) is 0.500. The summed E-state index contributed by atoms with van der Waals surface area (Å²) in [5, 5.41) is 14.9. The second kappa shape index (κ2) is 4.57. The van der Waals surface area contributed by atoms with Crippen LogP contribution in [0.3, 0.4) is 0 Å². The van der Waals surface area contributed by atoms with Gasteiger partial charge in [-0.05, 0) is 6.08 Å². The van der Waals surface area contributed by atoms with Gasteiger partial charge in [-0.15, -0.1) is 0 Å². The monoisotopic (exact) mass is 305 g/mol. The normalized spacial score (nSPS) is 21.4. The number of amides is 3. The fourth-order valence-corrected chi connectivity index (χ4v) is 2.80. The number of urea groups is 1. The van der Waals surface area contributed by atoms with E-state index in [-0.39, 0.29) is 5.41 Å². The van der Waals surface area contributed by atoms with Crippen molar-refractivity contribution in [2.75, 3.05) is 13.1 Å². The van der Waals surface area contributed by atoms with Gasteiger partial charge < -0.3 is 10.6 Å². The van der Waals surface area contributed by atoms with Crippen molar-refractivity contribution in [1.29, 1.82) is 0 Å². The number of primary amides is 1. The maximum Gasteiger partial charge on any atom is 0.344 e. The lowest BCUT2D eigenvalue weighted by Gasteiger charge is -2.21. The van der Waals surface area contributed by atoms with Crippen molar-refractivity contribution in [3.05, 3.63) is 23.5 Å². The first-order chi connectivity index (χ1) is 10.2. The van der Waals surface area contributed by atoms with Crippen LogP contribution in [0.25, 0.3) is 5.70 Å². The van der Waals surface area contributed by atoms with Gasteiger partial charge in [0, 0.05) is 18.2 Å². The molecule has 3 rings (SSSR count). The van der Waals surface area contributed by atoms with Crippen molar-refractivity contribution in [1.82, 2.24) is 19.7 Å². The SMILES string of the molecule is CC(C)(C)c1nn(C2=CC3CN(C2)C(=O)N3O)cc1C(N)=O. The topological polar surface area (TPSA) is 105 Å². The largest absolute Gasteiger partial charge is 0.365 e. The van der Waals surface area contributed by atoms with Gasteiger partial charge in [0.1, 0.15) is 0 Å². The summed E-state index contributed by atoms with van der Waals surface area (Å²) in [4.78, 5) is 24.9. The van der Waals surface area contributed by atoms with Gasteiger partial charge in [0.2, 0.25) is 0 Å². The molecule has 1 aromatic rings. The summed E-state index contributed by atoms with van der Waals surface area (Å²) in [5.41, 5.74) is 6.83. The van der Waals surface area contributed by atoms with Crippen LogP contribution in [0, 0.1) is 0 Å². The number of rotatable bonds is 2. The quantitative estimate of drug-likeness (QED) is 0.782. The Bertz CT molecular complexity index is 685. The summed E-state index contributed by atoms with van der Waals surface area (Å²) in [5.74, 6) is -0.532. The number of aromatic nitrogens is 2. The zero-order chi connectivity index (χ0) is 16.2. The van der Waals surface area contributed by atoms with E-state index >= 15 is 0 Å². The number of nitrogens with two attached hydrogens (primary N) is 1. The summed E-state index contributed by atoms with van der Waals surface area (Å²) in [7, 11) is 0. The standard InChI is InChI=1S/C14H19N5O3/c1-14(2,3)11-10(12(15)20)7-18(16-11)8-4-9-6-17(5-8)13(21)19(9)22/h4,7,9,22H,5-6H2,1-3H3,(H2,15,20). The van der Waals surface area contributed by atoms with E-state index in [1.165, 1.54) is 4.90 Å². The molecular weight excluding hydrogens is 286 g/mol. The van der Waals surface area contributed by atoms with E-state index in [1.807, 2.05) is 20.8 Å². The van der Waals surface area contributed by atoms with Gasteiger partial charge in [-0.1, -0.05) is 20.8 Å². The average molecular weight is 305 g/mol. The Labute approximate surface area is 127 Å². The Morgan fingerprint density at radius 3 is 2.64 bits per heavy atom. The Kier molecular flexibility index (Phi) is 3.03. The molecule has 1 saturated heterocycles. The van der Waals surface area contributed by atoms with E-state index in [4.69, 9.17) is 5.73 Å². The Hall–Kier alpha value is -2.35. The summed E-state index contributed by atoms with van der Waals surface area (Å²) in [6.07, 6.45) is 3.37. The molecule has 1 fully saturated rings. The average Bonchev–Trinajstić information content (AvgIpc) is 2.97. The molecule has 2 aliphatic rings. The molecule has 3 heterocycles. The maximum atomic E-state index is 11.8. The summed E-state index contributed by atoms with van der Waals surface area (Å²) in [6, 6.07) is -0.815. The highest BCUT2D eigenvalue weighted by Gasteiger charge is 2.40. The molecule has 8 heteroatoms. The highest BCUT2D eigenvalue weighted by Crippen LogP contribution is 2.28. The summed E-state index contributed by atoms with van der Waals surface area (Å²) in [6.45, 7) is 6.64. The van der Waals surface area contributed by atoms with Gasteiger partial charge in [0.15, 0.2) is 0 Å². The minimum absolute atomic E-state index is 0.329. The van der Waals surface area contributed by atoms with Crippen LogP contribution in [0.1, 0.15) is 36.8 Å². The lowest BCUT2D eigenvalue weighted by molar-refractivity contribution is -0.0450. The van der Waals surface area contributed by atoms with Crippen molar-refractivity contribution < 1.29 is 14.8 Å². The van der Waals surface area contributed by atoms with E-state index in [2.05, 4.69) is 5.10 Å². The van der Waals surface area contributed by atoms with Gasteiger partial charge in [-0.2, -0.15) is 10.2 Å². The number of hydroxylamine groups is 2. The van der Waals surface area contributed by atoms with E-state index in [0.717, 1.165) is 10.8 Å². The minimum atomic E-state index is -0.532. The molecule has 0 radical (unpaired) electrons. The third kappa shape index (κ3) is 2.16. The summed E-state index contributed by atoms with van der Waals surface area (Å²) < 4.78 is 1.58. The molecule has 8 nitrogen and oxygen atoms in total. The number of fused-ring (bicyclic) bond motifs is 2. The van der Waals surface area contributed by atoms with E-state index in [9.17, 15) is 14.8 Å². The highest BCUT2D eigenvalue weighted by molar-refractivity contribution is 5.94. The molecule has 1 atom stereocenters. The Balaban J connectivity index is 2.02. The zero-order valence-corrected chi connectivity index (χ0v) is 12.8. The lowest BCUT2D eigenvalue weighted by Crippen LogP contribution is -2.31. The van der Waals surface area contributed by atoms with E-state index < -0.39 is 18.0 Å². The first-order valence-electron chi connectivity index (χ1n) is 7.06. The van der Waals surface area contributed by atoms with Crippen molar-refractivity contribution in [2.45, 2.75) is 32.2 Å². The molecule has 3 N–H and O–H groups in total. The van der Waals surface area contributed by atoms with Crippen LogP contribution in [0.4, 0.5) is 4.79 Å². The van der Waals surface area contributed by atoms with Crippen LogP contribution in [0.5, 0.6) is 0 Å². The van der Waals surface area contributed by atoms with Crippen LogP contribution < -0.4 is 5.73 Å². The number of hydrogen-bond donors (Lipinski definition) is 2. The van der Waals surface area contributed by atoms with Gasteiger partial charge in [-0.25, -0.2) is 9.48 Å². The van der Waals surface area contributed by atoms with Gasteiger partial charge >= 0.3 is 6.03 Å². The van der Waals surface area contributed by atoms with E-state index in [0.29, 0.717) is 24.3 Å². The molecule has 0 aliphatic carbocycles. The van der Waals surface area contributed by atoms with Crippen LogP contribution in [-0.2, 0) is 5.41 Å². The van der Waals surface area contributed by atoms with Crippen molar-refractivity contribution >= 4 is 17.6 Å². The second-order valence-corrected chi connectivity index (χ2v) is 6.68. The number of carbonyl (C=O) groups excluding carboxylic acids is 2. The third-order valence-electron chi connectivity index (χ3n) is 3.91. The van der Waals surface area contributed by atoms with Crippen LogP contribution >= 0.6 is 0 Å². The minimum Gasteiger partial charge on any atom is -0.365 e. The molecule has 0 spiro atoms. The lowest BCUT2D eigenvalue weighted by atomic mass is 9.89. The first kappa shape index (κ1) is 14.6. The smallest absolute Gasteiger partial charge is 0.344 e. The van der Waals surface area contributed by atoms with Crippen molar-refractivity contribution in [2.24, 2.45) is 5.73 Å². The highest BCUT2D eigenvalue weighted by atomic mass is 16.5. The van der Waals surface area contributed by atoms with Crippen LogP contribution in [0.15, 0.2) is 12.3 Å². The zero-order valence-electron chi connectivity index (χ0n) is 12.8. The predicted octanol–water partition coefficient (Wildman–Crippen LogP) is 0.629. The molecule has 2 bridgehead atoms. The van der Waals surface area contributed by atoms with Crippen LogP contribution in [-0.4, -0.2) is 56.0 Å². The van der Waals surface area contributed by atoms with E-state index in [1.54, 1.807) is 17.0 Å². The molecule has 22 heavy (non-hydrogen) atoms. The maximum absolute atomic E-state index is 11.8. The summed E-state index contributed by atoms with van der Waals surface area (Å²) >= 11 is 0. The molecular formula is C14H19N5O3. The molecule has 118 valence electrons. The van der Waals surface area contributed by atoms with Crippen molar-refractivity contribution in [3.8, 4) is 0 Å². The van der Waals surface area contributed by atoms with Crippen molar-refractivity contribution in [3.63, 3.8) is 0 Å². The predicted molar refractivity (Wildman–Crippen MR) is 78.1 cm³/mol. The molecule has 0 saturated carbocycles. The molecule has 3 amide bonds. The van der Waals surface area contributed by atoms with Crippen LogP contribution in [0.2, 0.25) is 0 Å². The van der Waals surface area contributed by atoms with Gasteiger partial charge in [-0.3, -0.25) is 10.0 Å². The molecule has 1 aromatic heterocycles. The molecule has 0 aromatic carbocycles. The molecule has 2 aliphatic heterocycles. The Morgan fingerprint density at radius 2 is 2.14 bits per heavy atom. The third-order valence-corrected chi connectivity index (χ3v) is 3.91. The molecule has 1 unspecified atom stereocenters. The first-order valence-corrected chi connectivity index (χ1v) is 7.06. The number of carbonyl (C=O) groups is 2. The number of hydrogen-bond acceptors (Lipinski definition) is 4. The van der Waals surface area contributed by atoms with Gasteiger partial charge in [0.25, 0.3) is 5.91 Å². The second-order valence-electron chi connectivity index (χ2n) is 6.68. The fourth-order valence-electron chi connectivity index (χ4n) is 2.80. The van der Waals surface area contributed by atoms with Gasteiger partial charge in [0.05, 0.1) is 29.5 Å². The Morgan fingerprint density at radius 1 is 1.45 bits per heavy atom.